The number of fused-ring (bicyclic) bond motifs is 2. The average Bonchev–Trinajstić information content (AvgIpc) is 2.67. The van der Waals surface area contributed by atoms with Crippen LogP contribution in [0.5, 0.6) is 0 Å². The van der Waals surface area contributed by atoms with Crippen molar-refractivity contribution < 1.29 is 0 Å². The van der Waals surface area contributed by atoms with Crippen molar-refractivity contribution in [1.29, 1.82) is 0 Å². The van der Waals surface area contributed by atoms with Gasteiger partial charge in [-0.2, -0.15) is 0 Å². The monoisotopic (exact) mass is 460 g/mol. The molecule has 4 aromatic rings. The molecule has 0 aliphatic rings. The van der Waals surface area contributed by atoms with E-state index in [4.69, 9.17) is 34.8 Å². The van der Waals surface area contributed by atoms with E-state index in [0.29, 0.717) is 15.4 Å². The van der Waals surface area contributed by atoms with Crippen LogP contribution in [-0.4, -0.2) is 9.97 Å². The molecule has 0 spiro atoms. The van der Waals surface area contributed by atoms with Crippen molar-refractivity contribution in [3.8, 4) is 0 Å². The highest BCUT2D eigenvalue weighted by Gasteiger charge is 2.10. The molecule has 2 aromatic heterocycles. The van der Waals surface area contributed by atoms with E-state index >= 15 is 0 Å². The molecule has 4 rings (SSSR count). The molecule has 0 saturated carbocycles. The first-order chi connectivity index (χ1) is 14.0. The Bertz CT molecular complexity index is 1360. The fourth-order valence-corrected chi connectivity index (χ4v) is 4.25. The molecule has 0 fully saturated rings. The summed E-state index contributed by atoms with van der Waals surface area (Å²) < 4.78 is 0. The highest BCUT2D eigenvalue weighted by Crippen LogP contribution is 2.32. The molecule has 0 aliphatic carbocycles. The Morgan fingerprint density at radius 1 is 0.767 bits per heavy atom. The molecule has 2 heterocycles. The first-order valence-corrected chi connectivity index (χ1v) is 10.7. The smallest absolute Gasteiger partial charge is 0.192 e. The Hall–Kier alpha value is -2.07. The Kier molecular flexibility index (Phi) is 6.47. The summed E-state index contributed by atoms with van der Waals surface area (Å²) in [6.07, 6.45) is 0. The van der Waals surface area contributed by atoms with Crippen molar-refractivity contribution in [3.05, 3.63) is 83.2 Å². The van der Waals surface area contributed by atoms with Gasteiger partial charge in [0.25, 0.3) is 0 Å². The van der Waals surface area contributed by atoms with Crippen LogP contribution in [0.15, 0.2) is 29.1 Å². The van der Waals surface area contributed by atoms with E-state index in [-0.39, 0.29) is 5.43 Å². The summed E-state index contributed by atoms with van der Waals surface area (Å²) in [5.41, 5.74) is 7.25. The molecule has 3 nitrogen and oxygen atoms in total. The van der Waals surface area contributed by atoms with Crippen LogP contribution >= 0.6 is 34.8 Å². The van der Waals surface area contributed by atoms with Crippen molar-refractivity contribution in [2.75, 3.05) is 0 Å². The number of rotatable bonds is 0. The molecule has 0 atom stereocenters. The second-order valence-electron chi connectivity index (χ2n) is 7.65. The molecule has 1 N–H and O–H groups in total. The molecule has 0 radical (unpaired) electrons. The molecule has 0 aliphatic heterocycles. The van der Waals surface area contributed by atoms with Crippen LogP contribution in [0.4, 0.5) is 0 Å². The fraction of sp³-hybridized carbons (Fsp3) is 0.250. The molecule has 156 valence electrons. The van der Waals surface area contributed by atoms with Gasteiger partial charge in [0.2, 0.25) is 0 Å². The number of pyridine rings is 2. The van der Waals surface area contributed by atoms with Crippen LogP contribution in [0.3, 0.4) is 0 Å². The lowest BCUT2D eigenvalue weighted by atomic mass is 10.1. The number of nitrogens with zero attached hydrogens (tertiary/aromatic N) is 1. The lowest BCUT2D eigenvalue weighted by molar-refractivity contribution is 1.17. The standard InChI is InChI=1S/C12H11Cl2N.C12H12ClNO/c1-6-4-9-11(14)7(2)8(3)15-12(9)10(13)5-6;1-6-4-9-11(10(13)5-6)14-8(3)7(2)12(9)15/h4-5H,1-3H3;4-5H,1-3H3,(H,14,15). The third-order valence-corrected chi connectivity index (χ3v) is 6.36. The van der Waals surface area contributed by atoms with Crippen LogP contribution < -0.4 is 5.43 Å². The van der Waals surface area contributed by atoms with E-state index in [2.05, 4.69) is 9.97 Å². The molecule has 30 heavy (non-hydrogen) atoms. The van der Waals surface area contributed by atoms with Gasteiger partial charge in [0.15, 0.2) is 5.43 Å². The normalized spacial score (nSPS) is 11.0. The predicted molar refractivity (Wildman–Crippen MR) is 130 cm³/mol. The Morgan fingerprint density at radius 3 is 1.97 bits per heavy atom. The third-order valence-electron chi connectivity index (χ3n) is 5.29. The third kappa shape index (κ3) is 4.20. The number of hydrogen-bond donors (Lipinski definition) is 1. The van der Waals surface area contributed by atoms with Crippen LogP contribution in [0, 0.1) is 41.5 Å². The summed E-state index contributed by atoms with van der Waals surface area (Å²) in [5.74, 6) is 0. The maximum atomic E-state index is 12.0. The van der Waals surface area contributed by atoms with Gasteiger partial charge >= 0.3 is 0 Å². The minimum Gasteiger partial charge on any atom is -0.357 e. The highest BCUT2D eigenvalue weighted by atomic mass is 35.5. The summed E-state index contributed by atoms with van der Waals surface area (Å²) >= 11 is 18.5. The maximum Gasteiger partial charge on any atom is 0.192 e. The Morgan fingerprint density at radius 2 is 1.33 bits per heavy atom. The van der Waals surface area contributed by atoms with Crippen LogP contribution in [0.2, 0.25) is 15.1 Å². The summed E-state index contributed by atoms with van der Waals surface area (Å²) in [6, 6.07) is 7.64. The summed E-state index contributed by atoms with van der Waals surface area (Å²) in [7, 11) is 0. The van der Waals surface area contributed by atoms with Gasteiger partial charge in [-0.1, -0.05) is 34.8 Å². The number of aromatic amines is 1. The van der Waals surface area contributed by atoms with E-state index in [1.165, 1.54) is 0 Å². The van der Waals surface area contributed by atoms with Gasteiger partial charge in [0, 0.05) is 27.7 Å². The van der Waals surface area contributed by atoms with E-state index in [1.54, 1.807) is 0 Å². The largest absolute Gasteiger partial charge is 0.357 e. The molecule has 2 aromatic carbocycles. The number of hydrogen-bond acceptors (Lipinski definition) is 2. The van der Waals surface area contributed by atoms with Crippen molar-refractivity contribution in [2.45, 2.75) is 41.5 Å². The number of H-pyrrole nitrogens is 1. The van der Waals surface area contributed by atoms with Crippen molar-refractivity contribution >= 4 is 56.6 Å². The van der Waals surface area contributed by atoms with Gasteiger partial charge in [0.05, 0.1) is 26.1 Å². The minimum absolute atomic E-state index is 0.0619. The topological polar surface area (TPSA) is 45.8 Å². The van der Waals surface area contributed by atoms with Crippen LogP contribution in [-0.2, 0) is 0 Å². The number of aromatic nitrogens is 2. The van der Waals surface area contributed by atoms with E-state index < -0.39 is 0 Å². The molecule has 0 bridgehead atoms. The molecule has 0 amide bonds. The molecule has 0 unspecified atom stereocenters. The maximum absolute atomic E-state index is 12.0. The summed E-state index contributed by atoms with van der Waals surface area (Å²) in [4.78, 5) is 19.6. The first-order valence-electron chi connectivity index (χ1n) is 9.53. The van der Waals surface area contributed by atoms with Gasteiger partial charge in [-0.3, -0.25) is 9.78 Å². The second-order valence-corrected chi connectivity index (χ2v) is 8.84. The molecular weight excluding hydrogens is 439 g/mol. The molecular formula is C24H23Cl3N2O. The average molecular weight is 462 g/mol. The lowest BCUT2D eigenvalue weighted by Gasteiger charge is -2.09. The number of benzene rings is 2. The summed E-state index contributed by atoms with van der Waals surface area (Å²) in [6.45, 7) is 11.5. The minimum atomic E-state index is 0.0619. The van der Waals surface area contributed by atoms with Gasteiger partial charge in [-0.25, -0.2) is 0 Å². The number of halogens is 3. The first kappa shape index (κ1) is 22.6. The fourth-order valence-electron chi connectivity index (χ4n) is 3.33. The van der Waals surface area contributed by atoms with Gasteiger partial charge in [-0.15, -0.1) is 0 Å². The van der Waals surface area contributed by atoms with Gasteiger partial charge < -0.3 is 4.98 Å². The van der Waals surface area contributed by atoms with Crippen molar-refractivity contribution in [3.63, 3.8) is 0 Å². The van der Waals surface area contributed by atoms with Crippen LogP contribution in [0.1, 0.15) is 33.6 Å². The zero-order chi connectivity index (χ0) is 22.3. The number of aryl methyl sites for hydroxylation is 4. The van der Waals surface area contributed by atoms with Crippen molar-refractivity contribution in [1.82, 2.24) is 9.97 Å². The number of nitrogens with one attached hydrogen (secondary N) is 1. The van der Waals surface area contributed by atoms with E-state index in [1.807, 2.05) is 65.8 Å². The quantitative estimate of drug-likeness (QED) is 0.293. The zero-order valence-corrected chi connectivity index (χ0v) is 20.1. The summed E-state index contributed by atoms with van der Waals surface area (Å²) in [5, 5.41) is 3.62. The van der Waals surface area contributed by atoms with Crippen LogP contribution in [0.25, 0.3) is 21.8 Å². The van der Waals surface area contributed by atoms with E-state index in [9.17, 15) is 4.79 Å². The van der Waals surface area contributed by atoms with Gasteiger partial charge in [0.1, 0.15) is 0 Å². The Balaban J connectivity index is 0.000000171. The SMILES string of the molecule is Cc1cc(Cl)c2[nH]c(C)c(C)c(=O)c2c1.Cc1cc(Cl)c2nc(C)c(C)c(Cl)c2c1. The molecule has 0 saturated heterocycles. The second kappa shape index (κ2) is 8.58. The zero-order valence-electron chi connectivity index (χ0n) is 17.8. The predicted octanol–water partition coefficient (Wildman–Crippen LogP) is 7.57. The highest BCUT2D eigenvalue weighted by molar-refractivity contribution is 6.39. The van der Waals surface area contributed by atoms with E-state index in [0.717, 1.165) is 55.1 Å². The van der Waals surface area contributed by atoms with Gasteiger partial charge in [-0.05, 0) is 82.5 Å². The molecule has 6 heteroatoms. The van der Waals surface area contributed by atoms with Crippen molar-refractivity contribution in [2.24, 2.45) is 0 Å². The Labute approximate surface area is 191 Å². The lowest BCUT2D eigenvalue weighted by Crippen LogP contribution is -2.09.